The van der Waals surface area contributed by atoms with Crippen molar-refractivity contribution in [2.75, 3.05) is 12.4 Å². The van der Waals surface area contributed by atoms with Gasteiger partial charge in [-0.25, -0.2) is 9.37 Å². The van der Waals surface area contributed by atoms with Gasteiger partial charge in [0, 0.05) is 24.8 Å². The van der Waals surface area contributed by atoms with Crippen LogP contribution in [0.1, 0.15) is 5.56 Å². The molecule has 7 heteroatoms. The number of hydrogen-bond donors (Lipinski definition) is 2. The van der Waals surface area contributed by atoms with Gasteiger partial charge in [0.15, 0.2) is 0 Å². The molecule has 0 bridgehead atoms. The summed E-state index contributed by atoms with van der Waals surface area (Å²) in [6, 6.07) is 6.66. The average Bonchev–Trinajstić information content (AvgIpc) is 2.99. The van der Waals surface area contributed by atoms with Crippen molar-refractivity contribution in [1.29, 1.82) is 0 Å². The Bertz CT molecular complexity index is 922. The number of carbonyl (C=O) groups is 1. The van der Waals surface area contributed by atoms with E-state index in [1.54, 1.807) is 19.3 Å². The van der Waals surface area contributed by atoms with Crippen LogP contribution in [-0.4, -0.2) is 22.5 Å². The molecule has 1 amide bonds. The molecule has 0 fully saturated rings. The molecule has 0 atom stereocenters. The number of likely N-dealkylation sites (N-methyl/N-ethyl adjacent to an activating group) is 1. The van der Waals surface area contributed by atoms with E-state index in [9.17, 15) is 9.18 Å². The number of aromatic nitrogens is 2. The van der Waals surface area contributed by atoms with Gasteiger partial charge < -0.3 is 15.2 Å². The van der Waals surface area contributed by atoms with E-state index >= 15 is 0 Å². The Balaban J connectivity index is 2.03. The highest BCUT2D eigenvalue weighted by Crippen LogP contribution is 2.33. The summed E-state index contributed by atoms with van der Waals surface area (Å²) >= 11 is 6.07. The molecular formula is C17H16ClFN4O. The molecule has 0 aliphatic heterocycles. The van der Waals surface area contributed by atoms with Gasteiger partial charge in [0.2, 0.25) is 5.91 Å². The van der Waals surface area contributed by atoms with Crippen LogP contribution < -0.4 is 10.6 Å². The molecule has 3 rings (SSSR count). The van der Waals surface area contributed by atoms with Gasteiger partial charge in [0.05, 0.1) is 11.2 Å². The van der Waals surface area contributed by atoms with E-state index < -0.39 is 5.82 Å². The third kappa shape index (κ3) is 2.92. The maximum Gasteiger partial charge on any atom is 0.239 e. The van der Waals surface area contributed by atoms with Crippen molar-refractivity contribution in [3.05, 3.63) is 53.1 Å². The molecule has 3 aromatic rings. The predicted molar refractivity (Wildman–Crippen MR) is 93.2 cm³/mol. The van der Waals surface area contributed by atoms with Gasteiger partial charge in [-0.1, -0.05) is 17.7 Å². The number of benzene rings is 1. The summed E-state index contributed by atoms with van der Waals surface area (Å²) < 4.78 is 15.5. The number of nitrogens with one attached hydrogen (secondary N) is 2. The summed E-state index contributed by atoms with van der Waals surface area (Å²) in [5, 5.41) is 6.55. The Labute approximate surface area is 143 Å². The molecule has 0 spiro atoms. The maximum atomic E-state index is 13.7. The second kappa shape index (κ2) is 6.49. The average molecular weight is 347 g/mol. The fourth-order valence-electron chi connectivity index (χ4n) is 2.51. The van der Waals surface area contributed by atoms with E-state index in [-0.39, 0.29) is 17.5 Å². The van der Waals surface area contributed by atoms with Gasteiger partial charge in [0.1, 0.15) is 23.2 Å². The molecule has 1 aromatic carbocycles. The number of rotatable bonds is 4. The van der Waals surface area contributed by atoms with Crippen LogP contribution in [-0.2, 0) is 11.3 Å². The number of nitrogens with zero attached hydrogens (tertiary/aromatic N) is 2. The summed E-state index contributed by atoms with van der Waals surface area (Å²) in [4.78, 5) is 15.9. The minimum absolute atomic E-state index is 0.0265. The third-order valence-corrected chi connectivity index (χ3v) is 4.21. The van der Waals surface area contributed by atoms with E-state index in [1.165, 1.54) is 6.07 Å². The molecular weight excluding hydrogens is 331 g/mol. The molecule has 0 saturated carbocycles. The van der Waals surface area contributed by atoms with Crippen LogP contribution in [0.5, 0.6) is 0 Å². The van der Waals surface area contributed by atoms with Crippen LogP contribution in [0.25, 0.3) is 10.9 Å². The zero-order chi connectivity index (χ0) is 17.3. The first-order chi connectivity index (χ1) is 11.5. The maximum absolute atomic E-state index is 13.7. The van der Waals surface area contributed by atoms with E-state index in [2.05, 4.69) is 15.6 Å². The Morgan fingerprint density at radius 2 is 2.12 bits per heavy atom. The van der Waals surface area contributed by atoms with Crippen LogP contribution in [0.4, 0.5) is 15.9 Å². The number of anilines is 2. The van der Waals surface area contributed by atoms with Crippen molar-refractivity contribution >= 4 is 39.9 Å². The lowest BCUT2D eigenvalue weighted by Gasteiger charge is -2.12. The highest BCUT2D eigenvalue weighted by atomic mass is 35.5. The second-order valence-electron chi connectivity index (χ2n) is 5.39. The van der Waals surface area contributed by atoms with E-state index in [0.29, 0.717) is 11.5 Å². The molecule has 0 radical (unpaired) electrons. The normalized spacial score (nSPS) is 10.8. The molecule has 5 nitrogen and oxygen atoms in total. The monoisotopic (exact) mass is 346 g/mol. The van der Waals surface area contributed by atoms with Gasteiger partial charge in [-0.3, -0.25) is 4.79 Å². The van der Waals surface area contributed by atoms with Crippen LogP contribution in [0.15, 0.2) is 36.7 Å². The highest BCUT2D eigenvalue weighted by Gasteiger charge is 2.13. The minimum Gasteiger partial charge on any atom is -0.358 e. The van der Waals surface area contributed by atoms with Crippen LogP contribution in [0.2, 0.25) is 5.02 Å². The van der Waals surface area contributed by atoms with Crippen LogP contribution >= 0.6 is 11.6 Å². The first-order valence-corrected chi connectivity index (χ1v) is 7.75. The number of halogens is 2. The second-order valence-corrected chi connectivity index (χ2v) is 5.77. The number of carbonyl (C=O) groups excluding carboxylic acids is 1. The van der Waals surface area contributed by atoms with Gasteiger partial charge in [-0.15, -0.1) is 0 Å². The van der Waals surface area contributed by atoms with Crippen molar-refractivity contribution < 1.29 is 9.18 Å². The van der Waals surface area contributed by atoms with Gasteiger partial charge in [-0.2, -0.15) is 0 Å². The molecule has 0 saturated heterocycles. The lowest BCUT2D eigenvalue weighted by molar-refractivity contribution is -0.121. The van der Waals surface area contributed by atoms with Gasteiger partial charge in [-0.05, 0) is 30.7 Å². The van der Waals surface area contributed by atoms with E-state index in [0.717, 1.165) is 16.5 Å². The molecule has 2 heterocycles. The topological polar surface area (TPSA) is 59.0 Å². The fraction of sp³-hybridized carbons (Fsp3) is 0.176. The Kier molecular flexibility index (Phi) is 4.40. The Morgan fingerprint density at radius 3 is 2.88 bits per heavy atom. The summed E-state index contributed by atoms with van der Waals surface area (Å²) in [7, 11) is 1.59. The minimum atomic E-state index is -0.492. The first kappa shape index (κ1) is 16.3. The lowest BCUT2D eigenvalue weighted by atomic mass is 10.2. The third-order valence-electron chi connectivity index (χ3n) is 3.84. The zero-order valence-corrected chi connectivity index (χ0v) is 14.0. The molecule has 2 N–H and O–H groups in total. The predicted octanol–water partition coefficient (Wildman–Crippen LogP) is 3.63. The van der Waals surface area contributed by atoms with Crippen molar-refractivity contribution in [2.45, 2.75) is 13.5 Å². The Hall–Kier alpha value is -2.60. The largest absolute Gasteiger partial charge is 0.358 e. The smallest absolute Gasteiger partial charge is 0.239 e. The molecule has 0 aliphatic carbocycles. The lowest BCUT2D eigenvalue weighted by Crippen LogP contribution is -2.22. The number of pyridine rings is 1. The number of fused-ring (bicyclic) bond motifs is 1. The van der Waals surface area contributed by atoms with Crippen LogP contribution in [0.3, 0.4) is 0 Å². The highest BCUT2D eigenvalue weighted by molar-refractivity contribution is 6.33. The van der Waals surface area contributed by atoms with Crippen molar-refractivity contribution in [2.24, 2.45) is 0 Å². The first-order valence-electron chi connectivity index (χ1n) is 7.37. The van der Waals surface area contributed by atoms with Crippen LogP contribution in [0, 0.1) is 12.7 Å². The molecule has 124 valence electrons. The number of amides is 1. The van der Waals surface area contributed by atoms with Crippen molar-refractivity contribution in [3.8, 4) is 0 Å². The zero-order valence-electron chi connectivity index (χ0n) is 13.2. The van der Waals surface area contributed by atoms with E-state index in [4.69, 9.17) is 11.6 Å². The van der Waals surface area contributed by atoms with Gasteiger partial charge in [0.25, 0.3) is 0 Å². The fourth-order valence-corrected chi connectivity index (χ4v) is 2.77. The number of aryl methyl sites for hydroxylation is 1. The van der Waals surface area contributed by atoms with Crippen molar-refractivity contribution in [3.63, 3.8) is 0 Å². The van der Waals surface area contributed by atoms with E-state index in [1.807, 2.05) is 29.8 Å². The summed E-state index contributed by atoms with van der Waals surface area (Å²) in [5.41, 5.74) is 2.14. The molecule has 2 aromatic heterocycles. The summed E-state index contributed by atoms with van der Waals surface area (Å²) in [6.07, 6.45) is 3.44. The standard InChI is InChI=1S/C17H16ClFN4O/c1-10-3-4-12(19)15(18)16(10)22-17-11-6-8-23(9-14(24)20-2)13(11)5-7-21-17/h3-8H,9H2,1-2H3,(H,20,24)(H,21,22). The molecule has 24 heavy (non-hydrogen) atoms. The Morgan fingerprint density at radius 1 is 1.33 bits per heavy atom. The summed E-state index contributed by atoms with van der Waals surface area (Å²) in [5.74, 6) is -0.0317. The van der Waals surface area contributed by atoms with Crippen molar-refractivity contribution in [1.82, 2.24) is 14.9 Å². The number of hydrogen-bond acceptors (Lipinski definition) is 3. The summed E-state index contributed by atoms with van der Waals surface area (Å²) in [6.45, 7) is 2.05. The molecule has 0 unspecified atom stereocenters. The SMILES string of the molecule is CNC(=O)Cn1ccc2c(Nc3c(C)ccc(F)c3Cl)nccc21. The van der Waals surface area contributed by atoms with Gasteiger partial charge >= 0.3 is 0 Å². The quantitative estimate of drug-likeness (QED) is 0.758. The molecule has 0 aliphatic rings.